The van der Waals surface area contributed by atoms with Crippen LogP contribution in [0.4, 0.5) is 0 Å². The number of ether oxygens (including phenoxy) is 1. The molecule has 3 rings (SSSR count). The van der Waals surface area contributed by atoms with Crippen LogP contribution < -0.4 is 0 Å². The molecule has 0 bridgehead atoms. The molecule has 0 saturated carbocycles. The molecule has 2 heterocycles. The molecule has 0 aliphatic heterocycles. The van der Waals surface area contributed by atoms with Crippen molar-refractivity contribution in [3.05, 3.63) is 59.2 Å². The zero-order valence-corrected chi connectivity index (χ0v) is 13.5. The molecule has 2 aromatic heterocycles. The van der Waals surface area contributed by atoms with Crippen molar-refractivity contribution in [3.63, 3.8) is 0 Å². The van der Waals surface area contributed by atoms with Gasteiger partial charge in [0.1, 0.15) is 5.69 Å². The van der Waals surface area contributed by atoms with Gasteiger partial charge in [-0.25, -0.2) is 4.68 Å². The SMILES string of the molecule is OC(COCc1ccc(Cl)cc1)Cn1nnnc1-c1ccccn1. The Balaban J connectivity index is 1.53. The number of tetrazole rings is 1. The molecule has 0 fully saturated rings. The van der Waals surface area contributed by atoms with Gasteiger partial charge < -0.3 is 9.84 Å². The molecule has 0 radical (unpaired) electrons. The molecule has 1 aromatic carbocycles. The molecule has 0 aliphatic carbocycles. The summed E-state index contributed by atoms with van der Waals surface area (Å²) in [7, 11) is 0. The number of aliphatic hydroxyl groups is 1. The van der Waals surface area contributed by atoms with Crippen molar-refractivity contribution in [1.82, 2.24) is 25.2 Å². The van der Waals surface area contributed by atoms with Crippen LogP contribution in [0, 0.1) is 0 Å². The lowest BCUT2D eigenvalue weighted by Gasteiger charge is -2.12. The maximum absolute atomic E-state index is 10.1. The minimum absolute atomic E-state index is 0.171. The average molecular weight is 346 g/mol. The van der Waals surface area contributed by atoms with Crippen LogP contribution >= 0.6 is 11.6 Å². The van der Waals surface area contributed by atoms with Gasteiger partial charge in [-0.05, 0) is 40.3 Å². The van der Waals surface area contributed by atoms with Crippen molar-refractivity contribution in [1.29, 1.82) is 0 Å². The summed E-state index contributed by atoms with van der Waals surface area (Å²) in [5.41, 5.74) is 1.64. The van der Waals surface area contributed by atoms with E-state index < -0.39 is 6.10 Å². The van der Waals surface area contributed by atoms with E-state index in [0.29, 0.717) is 23.1 Å². The fourth-order valence-corrected chi connectivity index (χ4v) is 2.28. The first kappa shape index (κ1) is 16.5. The summed E-state index contributed by atoms with van der Waals surface area (Å²) in [4.78, 5) is 4.21. The highest BCUT2D eigenvalue weighted by Crippen LogP contribution is 2.13. The molecule has 8 heteroatoms. The summed E-state index contributed by atoms with van der Waals surface area (Å²) >= 11 is 5.83. The number of halogens is 1. The van der Waals surface area contributed by atoms with Gasteiger partial charge in [0.05, 0.1) is 25.9 Å². The first-order chi connectivity index (χ1) is 11.7. The molecule has 124 valence electrons. The largest absolute Gasteiger partial charge is 0.389 e. The second kappa shape index (κ2) is 7.96. The van der Waals surface area contributed by atoms with Crippen LogP contribution in [0.1, 0.15) is 5.56 Å². The summed E-state index contributed by atoms with van der Waals surface area (Å²) < 4.78 is 7.04. The second-order valence-electron chi connectivity index (χ2n) is 5.19. The minimum atomic E-state index is -0.733. The molecule has 1 N–H and O–H groups in total. The third kappa shape index (κ3) is 4.35. The summed E-state index contributed by atoms with van der Waals surface area (Å²) in [6.45, 7) is 0.792. The molecule has 7 nitrogen and oxygen atoms in total. The maximum Gasteiger partial charge on any atom is 0.200 e. The Morgan fingerprint density at radius 1 is 1.17 bits per heavy atom. The van der Waals surface area contributed by atoms with Crippen molar-refractivity contribution in [2.24, 2.45) is 0 Å². The van der Waals surface area contributed by atoms with E-state index in [-0.39, 0.29) is 13.2 Å². The van der Waals surface area contributed by atoms with Gasteiger partial charge in [0, 0.05) is 11.2 Å². The summed E-state index contributed by atoms with van der Waals surface area (Å²) in [6.07, 6.45) is 0.934. The number of aromatic nitrogens is 5. The number of hydrogen-bond donors (Lipinski definition) is 1. The lowest BCUT2D eigenvalue weighted by Crippen LogP contribution is -2.23. The van der Waals surface area contributed by atoms with Crippen molar-refractivity contribution in [2.45, 2.75) is 19.3 Å². The lowest BCUT2D eigenvalue weighted by molar-refractivity contribution is 0.0187. The van der Waals surface area contributed by atoms with E-state index in [0.717, 1.165) is 5.56 Å². The van der Waals surface area contributed by atoms with E-state index in [2.05, 4.69) is 20.5 Å². The molecular weight excluding hydrogens is 330 g/mol. The molecule has 0 aliphatic rings. The van der Waals surface area contributed by atoms with Crippen LogP contribution in [0.25, 0.3) is 11.5 Å². The van der Waals surface area contributed by atoms with E-state index in [9.17, 15) is 5.11 Å². The highest BCUT2D eigenvalue weighted by atomic mass is 35.5. The Morgan fingerprint density at radius 2 is 2.00 bits per heavy atom. The first-order valence-corrected chi connectivity index (χ1v) is 7.78. The van der Waals surface area contributed by atoms with Crippen molar-refractivity contribution >= 4 is 11.6 Å². The topological polar surface area (TPSA) is 86.0 Å². The normalized spacial score (nSPS) is 12.2. The first-order valence-electron chi connectivity index (χ1n) is 7.40. The standard InChI is InChI=1S/C16H16ClN5O2/c17-13-6-4-12(5-7-13)10-24-11-14(23)9-22-16(19-20-21-22)15-3-1-2-8-18-15/h1-8,14,23H,9-11H2. The number of aliphatic hydroxyl groups excluding tert-OH is 1. The van der Waals surface area contributed by atoms with Crippen molar-refractivity contribution < 1.29 is 9.84 Å². The van der Waals surface area contributed by atoms with Crippen molar-refractivity contribution in [3.8, 4) is 11.5 Å². The highest BCUT2D eigenvalue weighted by Gasteiger charge is 2.14. The predicted octanol–water partition coefficient (Wildman–Crippen LogP) is 1.97. The van der Waals surface area contributed by atoms with Crippen LogP contribution in [-0.4, -0.2) is 43.0 Å². The molecule has 24 heavy (non-hydrogen) atoms. The Morgan fingerprint density at radius 3 is 2.75 bits per heavy atom. The monoisotopic (exact) mass is 345 g/mol. The maximum atomic E-state index is 10.1. The van der Waals surface area contributed by atoms with Gasteiger partial charge in [-0.2, -0.15) is 0 Å². The average Bonchev–Trinajstić information content (AvgIpc) is 3.05. The summed E-state index contributed by atoms with van der Waals surface area (Å²) in [6, 6.07) is 12.9. The van der Waals surface area contributed by atoms with Gasteiger partial charge in [0.2, 0.25) is 5.82 Å². The second-order valence-corrected chi connectivity index (χ2v) is 5.63. The molecule has 0 amide bonds. The molecule has 0 saturated heterocycles. The minimum Gasteiger partial charge on any atom is -0.389 e. The fourth-order valence-electron chi connectivity index (χ4n) is 2.15. The lowest BCUT2D eigenvalue weighted by atomic mass is 10.2. The molecular formula is C16H16ClN5O2. The van der Waals surface area contributed by atoms with Crippen LogP contribution in [-0.2, 0) is 17.9 Å². The van der Waals surface area contributed by atoms with Gasteiger partial charge in [0.15, 0.2) is 0 Å². The summed E-state index contributed by atoms with van der Waals surface area (Å²) in [5, 5.41) is 22.3. The Bertz CT molecular complexity index is 764. The molecule has 0 spiro atoms. The third-order valence-electron chi connectivity index (χ3n) is 3.30. The molecule has 1 unspecified atom stereocenters. The highest BCUT2D eigenvalue weighted by molar-refractivity contribution is 6.30. The van der Waals surface area contributed by atoms with Crippen LogP contribution in [0.3, 0.4) is 0 Å². The quantitative estimate of drug-likeness (QED) is 0.704. The Labute approximate surface area is 143 Å². The Kier molecular flexibility index (Phi) is 5.47. The molecule has 1 atom stereocenters. The predicted molar refractivity (Wildman–Crippen MR) is 88.2 cm³/mol. The van der Waals surface area contributed by atoms with Crippen LogP contribution in [0.15, 0.2) is 48.7 Å². The van der Waals surface area contributed by atoms with Gasteiger partial charge in [-0.3, -0.25) is 4.98 Å². The van der Waals surface area contributed by atoms with E-state index in [4.69, 9.17) is 16.3 Å². The number of pyridine rings is 1. The number of benzene rings is 1. The summed E-state index contributed by atoms with van der Waals surface area (Å²) in [5.74, 6) is 0.507. The van der Waals surface area contributed by atoms with Crippen molar-refractivity contribution in [2.75, 3.05) is 6.61 Å². The van der Waals surface area contributed by atoms with Gasteiger partial charge in [-0.15, -0.1) is 5.10 Å². The fraction of sp³-hybridized carbons (Fsp3) is 0.250. The molecule has 3 aromatic rings. The third-order valence-corrected chi connectivity index (χ3v) is 3.55. The number of nitrogens with zero attached hydrogens (tertiary/aromatic N) is 5. The van der Waals surface area contributed by atoms with E-state index in [1.54, 1.807) is 18.3 Å². The van der Waals surface area contributed by atoms with Gasteiger partial charge >= 0.3 is 0 Å². The zero-order chi connectivity index (χ0) is 16.8. The van der Waals surface area contributed by atoms with Gasteiger partial charge in [0.25, 0.3) is 0 Å². The van der Waals surface area contributed by atoms with Crippen LogP contribution in [0.2, 0.25) is 5.02 Å². The van der Waals surface area contributed by atoms with Gasteiger partial charge in [-0.1, -0.05) is 29.8 Å². The zero-order valence-electron chi connectivity index (χ0n) is 12.8. The van der Waals surface area contributed by atoms with E-state index in [1.165, 1.54) is 4.68 Å². The van der Waals surface area contributed by atoms with Crippen LogP contribution in [0.5, 0.6) is 0 Å². The van der Waals surface area contributed by atoms with E-state index in [1.807, 2.05) is 30.3 Å². The van der Waals surface area contributed by atoms with E-state index >= 15 is 0 Å². The smallest absolute Gasteiger partial charge is 0.200 e. The Hall–Kier alpha value is -2.35. The number of rotatable bonds is 7. The number of hydrogen-bond acceptors (Lipinski definition) is 6.